The average Bonchev–Trinajstić information content (AvgIpc) is 3.20. The van der Waals surface area contributed by atoms with Crippen LogP contribution in [-0.2, 0) is 13.1 Å². The Labute approximate surface area is 128 Å². The lowest BCUT2D eigenvalue weighted by atomic mass is 10.2. The monoisotopic (exact) mass is 305 g/mol. The molecule has 0 bridgehead atoms. The molecule has 1 aliphatic rings. The van der Waals surface area contributed by atoms with Gasteiger partial charge in [-0.05, 0) is 36.9 Å². The molecule has 0 saturated heterocycles. The van der Waals surface area contributed by atoms with Crippen molar-refractivity contribution in [2.24, 2.45) is 0 Å². The molecule has 3 rings (SSSR count). The summed E-state index contributed by atoms with van der Waals surface area (Å²) in [6.45, 7) is 4.44. The molecule has 1 saturated carbocycles. The lowest BCUT2D eigenvalue weighted by Crippen LogP contribution is -2.28. The van der Waals surface area contributed by atoms with E-state index in [9.17, 15) is 4.39 Å². The summed E-state index contributed by atoms with van der Waals surface area (Å²) in [4.78, 5) is 8.04. The molecule has 0 unspecified atom stereocenters. The van der Waals surface area contributed by atoms with E-state index in [0.717, 1.165) is 24.5 Å². The lowest BCUT2D eigenvalue weighted by molar-refractivity contribution is 0.611. The maximum Gasteiger partial charge on any atom is 0.141 e. The number of nitrogens with one attached hydrogen (secondary N) is 1. The summed E-state index contributed by atoms with van der Waals surface area (Å²) in [5, 5.41) is 5.37. The molecule has 0 atom stereocenters. The molecule has 5 heteroatoms. The summed E-state index contributed by atoms with van der Waals surface area (Å²) in [6.07, 6.45) is 3.73. The fraction of sp³-hybridized carbons (Fsp3) is 0.438. The van der Waals surface area contributed by atoms with Crippen molar-refractivity contribution in [3.05, 3.63) is 46.0 Å². The first-order valence-electron chi connectivity index (χ1n) is 7.42. The average molecular weight is 305 g/mol. The van der Waals surface area contributed by atoms with E-state index in [2.05, 4.69) is 39.6 Å². The Morgan fingerprint density at radius 3 is 3.00 bits per heavy atom. The van der Waals surface area contributed by atoms with Gasteiger partial charge in [-0.1, -0.05) is 13.0 Å². The third kappa shape index (κ3) is 3.60. The zero-order chi connectivity index (χ0) is 14.7. The number of nitrogens with zero attached hydrogens (tertiary/aromatic N) is 2. The number of hydrogen-bond acceptors (Lipinski definition) is 4. The van der Waals surface area contributed by atoms with Gasteiger partial charge in [0.15, 0.2) is 0 Å². The minimum atomic E-state index is -0.265. The summed E-state index contributed by atoms with van der Waals surface area (Å²) in [6, 6.07) is 6.37. The van der Waals surface area contributed by atoms with Crippen molar-refractivity contribution in [1.29, 1.82) is 0 Å². The van der Waals surface area contributed by atoms with E-state index >= 15 is 0 Å². The zero-order valence-electron chi connectivity index (χ0n) is 12.2. The van der Waals surface area contributed by atoms with Gasteiger partial charge in [-0.15, -0.1) is 11.3 Å². The maximum absolute atomic E-state index is 13.5. The van der Waals surface area contributed by atoms with E-state index in [0.29, 0.717) is 12.6 Å². The van der Waals surface area contributed by atoms with E-state index in [1.54, 1.807) is 17.4 Å². The number of aromatic nitrogens is 1. The predicted octanol–water partition coefficient (Wildman–Crippen LogP) is 3.56. The van der Waals surface area contributed by atoms with Crippen molar-refractivity contribution >= 4 is 17.2 Å². The van der Waals surface area contributed by atoms with Crippen molar-refractivity contribution in [1.82, 2.24) is 10.3 Å². The standard InChI is InChI=1S/C16H20FN3S/c1-2-18-9-12-8-13(17)10-19-16(12)20(14-5-6-14)11-15-4-3-7-21-15/h3-4,7-8,10,14,18H,2,5-6,9,11H2,1H3. The molecule has 2 aromatic heterocycles. The van der Waals surface area contributed by atoms with E-state index in [1.807, 2.05) is 0 Å². The molecule has 0 aromatic carbocycles. The van der Waals surface area contributed by atoms with Gasteiger partial charge in [-0.25, -0.2) is 9.37 Å². The molecule has 112 valence electrons. The molecular weight excluding hydrogens is 285 g/mol. The first kappa shape index (κ1) is 14.5. The second-order valence-corrected chi connectivity index (χ2v) is 6.39. The number of halogens is 1. The molecule has 0 aliphatic heterocycles. The van der Waals surface area contributed by atoms with Crippen molar-refractivity contribution < 1.29 is 4.39 Å². The number of anilines is 1. The van der Waals surface area contributed by atoms with Crippen LogP contribution in [0.3, 0.4) is 0 Å². The quantitative estimate of drug-likeness (QED) is 0.848. The summed E-state index contributed by atoms with van der Waals surface area (Å²) in [5.74, 6) is 0.659. The van der Waals surface area contributed by atoms with Crippen LogP contribution in [0.5, 0.6) is 0 Å². The van der Waals surface area contributed by atoms with Crippen LogP contribution in [0.4, 0.5) is 10.2 Å². The van der Waals surface area contributed by atoms with Gasteiger partial charge in [0.1, 0.15) is 11.6 Å². The highest BCUT2D eigenvalue weighted by Crippen LogP contribution is 2.34. The largest absolute Gasteiger partial charge is 0.348 e. The van der Waals surface area contributed by atoms with E-state index in [1.165, 1.54) is 23.9 Å². The second-order valence-electron chi connectivity index (χ2n) is 5.36. The van der Waals surface area contributed by atoms with Crippen LogP contribution in [0.15, 0.2) is 29.8 Å². The first-order chi connectivity index (χ1) is 10.3. The fourth-order valence-corrected chi connectivity index (χ4v) is 3.16. The topological polar surface area (TPSA) is 28.2 Å². The molecule has 2 aromatic rings. The minimum absolute atomic E-state index is 0.265. The Morgan fingerprint density at radius 1 is 1.48 bits per heavy atom. The van der Waals surface area contributed by atoms with Crippen LogP contribution >= 0.6 is 11.3 Å². The molecule has 1 fully saturated rings. The Morgan fingerprint density at radius 2 is 2.33 bits per heavy atom. The van der Waals surface area contributed by atoms with Gasteiger partial charge in [0.2, 0.25) is 0 Å². The van der Waals surface area contributed by atoms with Gasteiger partial charge in [-0.2, -0.15) is 0 Å². The number of thiophene rings is 1. The highest BCUT2D eigenvalue weighted by Gasteiger charge is 2.31. The smallest absolute Gasteiger partial charge is 0.141 e. The highest BCUT2D eigenvalue weighted by atomic mass is 32.1. The second kappa shape index (κ2) is 6.54. The van der Waals surface area contributed by atoms with Crippen LogP contribution in [-0.4, -0.2) is 17.6 Å². The van der Waals surface area contributed by atoms with Gasteiger partial charge in [0, 0.05) is 23.0 Å². The number of hydrogen-bond donors (Lipinski definition) is 1. The van der Waals surface area contributed by atoms with Crippen molar-refractivity contribution in [3.8, 4) is 0 Å². The molecular formula is C16H20FN3S. The minimum Gasteiger partial charge on any atom is -0.348 e. The Kier molecular flexibility index (Phi) is 4.51. The first-order valence-corrected chi connectivity index (χ1v) is 8.30. The number of rotatable bonds is 7. The van der Waals surface area contributed by atoms with Crippen LogP contribution in [0.1, 0.15) is 30.2 Å². The molecule has 1 N–H and O–H groups in total. The molecule has 0 spiro atoms. The zero-order valence-corrected chi connectivity index (χ0v) is 13.0. The van der Waals surface area contributed by atoms with Gasteiger partial charge >= 0.3 is 0 Å². The lowest BCUT2D eigenvalue weighted by Gasteiger charge is -2.25. The van der Waals surface area contributed by atoms with Gasteiger partial charge in [-0.3, -0.25) is 0 Å². The van der Waals surface area contributed by atoms with E-state index in [-0.39, 0.29) is 5.82 Å². The Balaban J connectivity index is 1.87. The van der Waals surface area contributed by atoms with Crippen molar-refractivity contribution in [2.45, 2.75) is 38.9 Å². The normalized spacial score (nSPS) is 14.4. The summed E-state index contributed by atoms with van der Waals surface area (Å²) in [7, 11) is 0. The summed E-state index contributed by atoms with van der Waals surface area (Å²) in [5.41, 5.74) is 0.945. The van der Waals surface area contributed by atoms with Crippen molar-refractivity contribution in [2.75, 3.05) is 11.4 Å². The summed E-state index contributed by atoms with van der Waals surface area (Å²) < 4.78 is 13.5. The SMILES string of the molecule is CCNCc1cc(F)cnc1N(Cc1cccs1)C1CC1. The highest BCUT2D eigenvalue weighted by molar-refractivity contribution is 7.09. The van der Waals surface area contributed by atoms with Gasteiger partial charge in [0.05, 0.1) is 12.7 Å². The molecule has 2 heterocycles. The maximum atomic E-state index is 13.5. The molecule has 3 nitrogen and oxygen atoms in total. The molecule has 1 aliphatic carbocycles. The number of pyridine rings is 1. The third-order valence-electron chi connectivity index (χ3n) is 3.64. The van der Waals surface area contributed by atoms with Gasteiger partial charge in [0.25, 0.3) is 0 Å². The van der Waals surface area contributed by atoms with Crippen LogP contribution < -0.4 is 10.2 Å². The van der Waals surface area contributed by atoms with Gasteiger partial charge < -0.3 is 10.2 Å². The van der Waals surface area contributed by atoms with E-state index in [4.69, 9.17) is 0 Å². The summed E-state index contributed by atoms with van der Waals surface area (Å²) >= 11 is 1.76. The van der Waals surface area contributed by atoms with Crippen LogP contribution in [0.25, 0.3) is 0 Å². The fourth-order valence-electron chi connectivity index (χ4n) is 2.46. The Hall–Kier alpha value is -1.46. The van der Waals surface area contributed by atoms with Crippen molar-refractivity contribution in [3.63, 3.8) is 0 Å². The van der Waals surface area contributed by atoms with E-state index < -0.39 is 0 Å². The molecule has 21 heavy (non-hydrogen) atoms. The predicted molar refractivity (Wildman–Crippen MR) is 85.1 cm³/mol. The van der Waals surface area contributed by atoms with Crippen LogP contribution in [0.2, 0.25) is 0 Å². The molecule has 0 radical (unpaired) electrons. The third-order valence-corrected chi connectivity index (χ3v) is 4.50. The van der Waals surface area contributed by atoms with Crippen LogP contribution in [0, 0.1) is 5.82 Å². The molecule has 0 amide bonds. The Bertz CT molecular complexity index is 581.